The molecule has 0 bridgehead atoms. The molecule has 1 aromatic rings. The van der Waals surface area contributed by atoms with E-state index < -0.39 is 5.54 Å². The van der Waals surface area contributed by atoms with Gasteiger partial charge in [-0.2, -0.15) is 0 Å². The lowest BCUT2D eigenvalue weighted by molar-refractivity contribution is -0.127. The predicted molar refractivity (Wildman–Crippen MR) is 110 cm³/mol. The van der Waals surface area contributed by atoms with Crippen LogP contribution in [0.5, 0.6) is 0 Å². The van der Waals surface area contributed by atoms with E-state index in [0.29, 0.717) is 0 Å². The summed E-state index contributed by atoms with van der Waals surface area (Å²) in [5.41, 5.74) is 6.97. The van der Waals surface area contributed by atoms with Crippen molar-refractivity contribution in [1.29, 1.82) is 0 Å². The average molecular weight is 453 g/mol. The number of hydrogen-bond donors (Lipinski definition) is 2. The van der Waals surface area contributed by atoms with E-state index in [0.717, 1.165) is 62.6 Å². The highest BCUT2D eigenvalue weighted by molar-refractivity contribution is 9.10. The molecule has 1 saturated heterocycles. The first kappa shape index (κ1) is 22.7. The topological polar surface area (TPSA) is 58.4 Å². The van der Waals surface area contributed by atoms with E-state index in [1.54, 1.807) is 0 Å². The number of likely N-dealkylation sites (tertiary alicyclic amines) is 1. The van der Waals surface area contributed by atoms with E-state index in [9.17, 15) is 4.79 Å². The van der Waals surface area contributed by atoms with Crippen molar-refractivity contribution in [3.8, 4) is 0 Å². The Morgan fingerprint density at radius 2 is 1.72 bits per heavy atom. The second kappa shape index (κ2) is 10.1. The van der Waals surface area contributed by atoms with Gasteiger partial charge in [0.25, 0.3) is 0 Å². The number of halogens is 3. The summed E-state index contributed by atoms with van der Waals surface area (Å²) in [6.45, 7) is 3.03. The summed E-state index contributed by atoms with van der Waals surface area (Å²) >= 11 is 3.47. The molecule has 0 unspecified atom stereocenters. The van der Waals surface area contributed by atoms with E-state index in [2.05, 4.69) is 50.4 Å². The molecule has 1 aromatic carbocycles. The largest absolute Gasteiger partial charge is 0.352 e. The SMILES string of the molecule is Cl.Cl.NC1(C(=O)NC2CCN(Cc3ccc(Br)cc3)CC2)CCCC1. The van der Waals surface area contributed by atoms with Gasteiger partial charge >= 0.3 is 0 Å². The molecule has 7 heteroatoms. The van der Waals surface area contributed by atoms with Crippen LogP contribution in [0.1, 0.15) is 44.1 Å². The molecule has 3 N–H and O–H groups in total. The molecule has 0 aromatic heterocycles. The number of piperidine rings is 1. The Labute approximate surface area is 171 Å². The first-order valence-electron chi connectivity index (χ1n) is 8.62. The van der Waals surface area contributed by atoms with Gasteiger partial charge in [0.15, 0.2) is 0 Å². The van der Waals surface area contributed by atoms with Gasteiger partial charge in [-0.05, 0) is 43.4 Å². The fourth-order valence-electron chi connectivity index (χ4n) is 3.65. The van der Waals surface area contributed by atoms with Crippen LogP contribution in [0.15, 0.2) is 28.7 Å². The fraction of sp³-hybridized carbons (Fsp3) is 0.611. The zero-order valence-electron chi connectivity index (χ0n) is 14.4. The number of hydrogen-bond acceptors (Lipinski definition) is 3. The standard InChI is InChI=1S/C18H26BrN3O.2ClH/c19-15-5-3-14(4-6-15)13-22-11-7-16(8-12-22)21-17(23)18(20)9-1-2-10-18;;/h3-6,16H,1-2,7-13,20H2,(H,21,23);2*1H. The number of benzene rings is 1. The van der Waals surface area contributed by atoms with Gasteiger partial charge in [-0.25, -0.2) is 0 Å². The highest BCUT2D eigenvalue weighted by Gasteiger charge is 2.38. The Kier molecular flexibility index (Phi) is 9.19. The normalized spacial score (nSPS) is 20.4. The van der Waals surface area contributed by atoms with Crippen LogP contribution < -0.4 is 11.1 Å². The lowest BCUT2D eigenvalue weighted by Crippen LogP contribution is -2.56. The highest BCUT2D eigenvalue weighted by atomic mass is 79.9. The summed E-state index contributed by atoms with van der Waals surface area (Å²) in [6.07, 6.45) is 5.85. The van der Waals surface area contributed by atoms with Crippen LogP contribution in [0.4, 0.5) is 0 Å². The van der Waals surface area contributed by atoms with E-state index >= 15 is 0 Å². The zero-order valence-corrected chi connectivity index (χ0v) is 17.6. The third-order valence-electron chi connectivity index (χ3n) is 5.19. The maximum atomic E-state index is 12.4. The summed E-state index contributed by atoms with van der Waals surface area (Å²) in [7, 11) is 0. The van der Waals surface area contributed by atoms with Gasteiger partial charge in [0, 0.05) is 30.1 Å². The minimum Gasteiger partial charge on any atom is -0.352 e. The molecular formula is C18H28BrCl2N3O. The van der Waals surface area contributed by atoms with E-state index in [1.807, 2.05) is 0 Å². The molecular weight excluding hydrogens is 425 g/mol. The molecule has 0 atom stereocenters. The third kappa shape index (κ3) is 6.10. The molecule has 1 amide bonds. The zero-order chi connectivity index (χ0) is 16.3. The average Bonchev–Trinajstić information content (AvgIpc) is 3.00. The molecule has 1 saturated carbocycles. The van der Waals surface area contributed by atoms with Crippen molar-refractivity contribution < 1.29 is 4.79 Å². The van der Waals surface area contributed by atoms with Crippen LogP contribution in [0.25, 0.3) is 0 Å². The van der Waals surface area contributed by atoms with Crippen molar-refractivity contribution >= 4 is 46.7 Å². The molecule has 142 valence electrons. The van der Waals surface area contributed by atoms with Crippen molar-refractivity contribution in [3.05, 3.63) is 34.3 Å². The maximum Gasteiger partial charge on any atom is 0.240 e. The van der Waals surface area contributed by atoms with Crippen molar-refractivity contribution in [1.82, 2.24) is 10.2 Å². The minimum atomic E-state index is -0.603. The Morgan fingerprint density at radius 3 is 2.28 bits per heavy atom. The Hall–Kier alpha value is -0.330. The molecule has 0 spiro atoms. The van der Waals surface area contributed by atoms with Gasteiger partial charge in [0.1, 0.15) is 0 Å². The van der Waals surface area contributed by atoms with E-state index in [-0.39, 0.29) is 36.8 Å². The maximum absolute atomic E-state index is 12.4. The van der Waals surface area contributed by atoms with Crippen molar-refractivity contribution in [2.75, 3.05) is 13.1 Å². The molecule has 2 fully saturated rings. The molecule has 1 aliphatic carbocycles. The smallest absolute Gasteiger partial charge is 0.240 e. The Bertz CT molecular complexity index is 542. The summed E-state index contributed by atoms with van der Waals surface area (Å²) in [5.74, 6) is 0.0707. The van der Waals surface area contributed by atoms with Gasteiger partial charge in [-0.1, -0.05) is 40.9 Å². The van der Waals surface area contributed by atoms with Crippen LogP contribution in [0, 0.1) is 0 Å². The first-order valence-corrected chi connectivity index (χ1v) is 9.41. The molecule has 1 heterocycles. The lowest BCUT2D eigenvalue weighted by atomic mass is 9.96. The molecule has 1 aliphatic heterocycles. The molecule has 25 heavy (non-hydrogen) atoms. The van der Waals surface area contributed by atoms with Gasteiger partial charge < -0.3 is 11.1 Å². The number of carbonyl (C=O) groups is 1. The lowest BCUT2D eigenvalue weighted by Gasteiger charge is -2.34. The summed E-state index contributed by atoms with van der Waals surface area (Å²) in [5, 5.41) is 3.20. The Morgan fingerprint density at radius 1 is 1.16 bits per heavy atom. The Balaban J connectivity index is 0.00000156. The van der Waals surface area contributed by atoms with Gasteiger partial charge in [-0.15, -0.1) is 24.8 Å². The molecule has 2 aliphatic rings. The predicted octanol–water partition coefficient (Wildman–Crippen LogP) is 3.64. The molecule has 4 nitrogen and oxygen atoms in total. The second-order valence-corrected chi connectivity index (χ2v) is 7.93. The first-order chi connectivity index (χ1) is 11.0. The number of nitrogens with zero attached hydrogens (tertiary/aromatic N) is 1. The third-order valence-corrected chi connectivity index (χ3v) is 5.72. The monoisotopic (exact) mass is 451 g/mol. The van der Waals surface area contributed by atoms with Crippen LogP contribution in [0.2, 0.25) is 0 Å². The second-order valence-electron chi connectivity index (χ2n) is 7.01. The number of nitrogens with one attached hydrogen (secondary N) is 1. The van der Waals surface area contributed by atoms with Gasteiger partial charge in [0.05, 0.1) is 5.54 Å². The number of rotatable bonds is 4. The van der Waals surface area contributed by atoms with E-state index in [4.69, 9.17) is 5.73 Å². The summed E-state index contributed by atoms with van der Waals surface area (Å²) in [6, 6.07) is 8.78. The van der Waals surface area contributed by atoms with Crippen molar-refractivity contribution in [2.45, 2.75) is 56.7 Å². The molecule has 0 radical (unpaired) electrons. The highest BCUT2D eigenvalue weighted by Crippen LogP contribution is 2.27. The summed E-state index contributed by atoms with van der Waals surface area (Å²) < 4.78 is 1.12. The van der Waals surface area contributed by atoms with Gasteiger partial charge in [0.2, 0.25) is 5.91 Å². The van der Waals surface area contributed by atoms with Crippen LogP contribution >= 0.6 is 40.7 Å². The van der Waals surface area contributed by atoms with Crippen LogP contribution in [0.3, 0.4) is 0 Å². The minimum absolute atomic E-state index is 0. The van der Waals surface area contributed by atoms with Crippen LogP contribution in [-0.2, 0) is 11.3 Å². The van der Waals surface area contributed by atoms with Gasteiger partial charge in [-0.3, -0.25) is 9.69 Å². The van der Waals surface area contributed by atoms with Crippen LogP contribution in [-0.4, -0.2) is 35.5 Å². The fourth-order valence-corrected chi connectivity index (χ4v) is 3.91. The quantitative estimate of drug-likeness (QED) is 0.732. The number of amides is 1. The number of carbonyl (C=O) groups excluding carboxylic acids is 1. The van der Waals surface area contributed by atoms with Crippen molar-refractivity contribution in [2.24, 2.45) is 5.73 Å². The van der Waals surface area contributed by atoms with E-state index in [1.165, 1.54) is 5.56 Å². The number of nitrogens with two attached hydrogens (primary N) is 1. The molecule has 3 rings (SSSR count). The van der Waals surface area contributed by atoms with Crippen molar-refractivity contribution in [3.63, 3.8) is 0 Å². The summed E-state index contributed by atoms with van der Waals surface area (Å²) in [4.78, 5) is 14.8.